The average Bonchev–Trinajstić information content (AvgIpc) is 2.70. The van der Waals surface area contributed by atoms with Crippen LogP contribution in [0, 0.1) is 6.92 Å². The number of benzene rings is 1. The molecule has 1 amide bonds. The summed E-state index contributed by atoms with van der Waals surface area (Å²) in [4.78, 5) is 16.3. The quantitative estimate of drug-likeness (QED) is 0.823. The number of anilines is 1. The number of aryl methyl sites for hydroxylation is 1. The lowest BCUT2D eigenvalue weighted by Crippen LogP contribution is -2.09. The molecule has 0 unspecified atom stereocenters. The van der Waals surface area contributed by atoms with E-state index in [1.165, 1.54) is 29.7 Å². The number of amides is 1. The van der Waals surface area contributed by atoms with Gasteiger partial charge in [0.1, 0.15) is 10.6 Å². The van der Waals surface area contributed by atoms with Crippen LogP contribution in [-0.4, -0.2) is 16.0 Å². The van der Waals surface area contributed by atoms with Crippen molar-refractivity contribution in [3.05, 3.63) is 39.3 Å². The molecule has 0 saturated heterocycles. The summed E-state index contributed by atoms with van der Waals surface area (Å²) in [5.41, 5.74) is 0.531. The van der Waals surface area contributed by atoms with Gasteiger partial charge in [-0.3, -0.25) is 4.79 Å². The first kappa shape index (κ1) is 11.9. The van der Waals surface area contributed by atoms with E-state index in [0.717, 1.165) is 5.01 Å². The summed E-state index contributed by atoms with van der Waals surface area (Å²) in [6.45, 7) is 1.83. The molecular formula is C11H9ClN2O2S. The molecule has 0 fully saturated rings. The lowest BCUT2D eigenvalue weighted by Gasteiger charge is -2.04. The van der Waals surface area contributed by atoms with Crippen LogP contribution < -0.4 is 5.32 Å². The fourth-order valence-corrected chi connectivity index (χ4v) is 2.10. The Bertz CT molecular complexity index is 568. The molecule has 0 radical (unpaired) electrons. The van der Waals surface area contributed by atoms with E-state index in [2.05, 4.69) is 10.3 Å². The van der Waals surface area contributed by atoms with Gasteiger partial charge in [0.2, 0.25) is 0 Å². The molecule has 2 aromatic rings. The standard InChI is InChI=1S/C11H9ClN2O2S/c1-6-13-5-10(17-6)11(16)14-7-2-3-9(15)8(12)4-7/h2-5,15H,1H3,(H,14,16). The van der Waals surface area contributed by atoms with E-state index in [1.54, 1.807) is 6.07 Å². The second kappa shape index (κ2) is 4.73. The lowest BCUT2D eigenvalue weighted by atomic mass is 10.3. The number of aromatic nitrogens is 1. The molecule has 0 spiro atoms. The summed E-state index contributed by atoms with van der Waals surface area (Å²) in [6.07, 6.45) is 1.53. The van der Waals surface area contributed by atoms with Gasteiger partial charge < -0.3 is 10.4 Å². The largest absolute Gasteiger partial charge is 0.506 e. The third kappa shape index (κ3) is 2.75. The van der Waals surface area contributed by atoms with Crippen LogP contribution in [0.2, 0.25) is 5.02 Å². The second-order valence-electron chi connectivity index (χ2n) is 3.36. The number of hydrogen-bond donors (Lipinski definition) is 2. The highest BCUT2D eigenvalue weighted by molar-refractivity contribution is 7.13. The van der Waals surface area contributed by atoms with Gasteiger partial charge in [-0.1, -0.05) is 11.6 Å². The van der Waals surface area contributed by atoms with Gasteiger partial charge in [0.15, 0.2) is 0 Å². The van der Waals surface area contributed by atoms with E-state index in [1.807, 2.05) is 6.92 Å². The molecule has 17 heavy (non-hydrogen) atoms. The number of rotatable bonds is 2. The molecule has 1 aromatic heterocycles. The number of nitrogens with zero attached hydrogens (tertiary/aromatic N) is 1. The average molecular weight is 269 g/mol. The van der Waals surface area contributed by atoms with E-state index in [4.69, 9.17) is 11.6 Å². The van der Waals surface area contributed by atoms with Crippen molar-refractivity contribution >= 4 is 34.5 Å². The molecule has 1 heterocycles. The maximum atomic E-state index is 11.8. The smallest absolute Gasteiger partial charge is 0.267 e. The van der Waals surface area contributed by atoms with Crippen molar-refractivity contribution in [2.45, 2.75) is 6.92 Å². The van der Waals surface area contributed by atoms with Gasteiger partial charge in [0.05, 0.1) is 16.2 Å². The van der Waals surface area contributed by atoms with Crippen LogP contribution in [0.5, 0.6) is 5.75 Å². The van der Waals surface area contributed by atoms with Crippen LogP contribution in [0.3, 0.4) is 0 Å². The number of carbonyl (C=O) groups excluding carboxylic acids is 1. The van der Waals surface area contributed by atoms with Gasteiger partial charge in [0.25, 0.3) is 5.91 Å². The Morgan fingerprint density at radius 3 is 2.88 bits per heavy atom. The van der Waals surface area contributed by atoms with Crippen LogP contribution >= 0.6 is 22.9 Å². The van der Waals surface area contributed by atoms with Crippen molar-refractivity contribution in [1.29, 1.82) is 0 Å². The van der Waals surface area contributed by atoms with Gasteiger partial charge in [0, 0.05) is 5.69 Å². The number of aromatic hydroxyl groups is 1. The Balaban J connectivity index is 2.15. The number of phenols is 1. The molecule has 0 aliphatic carbocycles. The first-order valence-corrected chi connectivity index (χ1v) is 5.98. The zero-order chi connectivity index (χ0) is 12.4. The predicted molar refractivity (Wildman–Crippen MR) is 67.9 cm³/mol. The normalized spacial score (nSPS) is 10.2. The molecular weight excluding hydrogens is 260 g/mol. The molecule has 0 atom stereocenters. The molecule has 2 N–H and O–H groups in total. The van der Waals surface area contributed by atoms with E-state index in [0.29, 0.717) is 10.6 Å². The molecule has 0 saturated carbocycles. The summed E-state index contributed by atoms with van der Waals surface area (Å²) >= 11 is 7.05. The second-order valence-corrected chi connectivity index (χ2v) is 5.01. The highest BCUT2D eigenvalue weighted by Gasteiger charge is 2.10. The molecule has 6 heteroatoms. The Kier molecular flexibility index (Phi) is 3.31. The fraction of sp³-hybridized carbons (Fsp3) is 0.0909. The summed E-state index contributed by atoms with van der Waals surface area (Å²) < 4.78 is 0. The monoisotopic (exact) mass is 268 g/mol. The van der Waals surface area contributed by atoms with Crippen molar-refractivity contribution in [2.75, 3.05) is 5.32 Å². The predicted octanol–water partition coefficient (Wildman–Crippen LogP) is 3.06. The number of thiazole rings is 1. The molecule has 0 aliphatic rings. The van der Waals surface area contributed by atoms with E-state index in [9.17, 15) is 9.90 Å². The highest BCUT2D eigenvalue weighted by Crippen LogP contribution is 2.26. The minimum Gasteiger partial charge on any atom is -0.506 e. The van der Waals surface area contributed by atoms with Crippen LogP contribution in [0.15, 0.2) is 24.4 Å². The van der Waals surface area contributed by atoms with Crippen LogP contribution in [-0.2, 0) is 0 Å². The SMILES string of the molecule is Cc1ncc(C(=O)Nc2ccc(O)c(Cl)c2)s1. The molecule has 1 aromatic carbocycles. The molecule has 0 aliphatic heterocycles. The van der Waals surface area contributed by atoms with E-state index in [-0.39, 0.29) is 16.7 Å². The summed E-state index contributed by atoms with van der Waals surface area (Å²) in [6, 6.07) is 4.49. The van der Waals surface area contributed by atoms with Crippen molar-refractivity contribution < 1.29 is 9.90 Å². The van der Waals surface area contributed by atoms with Crippen LogP contribution in [0.25, 0.3) is 0 Å². The van der Waals surface area contributed by atoms with E-state index >= 15 is 0 Å². The number of carbonyl (C=O) groups is 1. The summed E-state index contributed by atoms with van der Waals surface area (Å²) in [5, 5.41) is 13.0. The van der Waals surface area contributed by atoms with Crippen molar-refractivity contribution in [3.8, 4) is 5.75 Å². The lowest BCUT2D eigenvalue weighted by molar-refractivity contribution is 0.103. The molecule has 2 rings (SSSR count). The summed E-state index contributed by atoms with van der Waals surface area (Å²) in [7, 11) is 0. The maximum absolute atomic E-state index is 11.8. The van der Waals surface area contributed by atoms with Crippen LogP contribution in [0.4, 0.5) is 5.69 Å². The third-order valence-electron chi connectivity index (χ3n) is 2.05. The van der Waals surface area contributed by atoms with E-state index < -0.39 is 0 Å². The van der Waals surface area contributed by atoms with Crippen molar-refractivity contribution in [1.82, 2.24) is 4.98 Å². The van der Waals surface area contributed by atoms with Crippen molar-refractivity contribution in [2.24, 2.45) is 0 Å². The zero-order valence-electron chi connectivity index (χ0n) is 8.90. The molecule has 88 valence electrons. The van der Waals surface area contributed by atoms with Gasteiger partial charge in [-0.25, -0.2) is 4.98 Å². The van der Waals surface area contributed by atoms with Gasteiger partial charge in [-0.2, -0.15) is 0 Å². The minimum atomic E-state index is -0.239. The first-order chi connectivity index (χ1) is 8.06. The molecule has 0 bridgehead atoms. The zero-order valence-corrected chi connectivity index (χ0v) is 10.5. The number of hydrogen-bond acceptors (Lipinski definition) is 4. The van der Waals surface area contributed by atoms with Gasteiger partial charge in [-0.15, -0.1) is 11.3 Å². The Labute approximate surface area is 107 Å². The Morgan fingerprint density at radius 1 is 1.53 bits per heavy atom. The third-order valence-corrected chi connectivity index (χ3v) is 3.26. The van der Waals surface area contributed by atoms with Crippen LogP contribution in [0.1, 0.15) is 14.7 Å². The van der Waals surface area contributed by atoms with Gasteiger partial charge >= 0.3 is 0 Å². The maximum Gasteiger partial charge on any atom is 0.267 e. The number of nitrogens with one attached hydrogen (secondary N) is 1. The highest BCUT2D eigenvalue weighted by atomic mass is 35.5. The number of phenolic OH excluding ortho intramolecular Hbond substituents is 1. The fourth-order valence-electron chi connectivity index (χ4n) is 1.24. The summed E-state index contributed by atoms with van der Waals surface area (Å²) in [5.74, 6) is -0.254. The Morgan fingerprint density at radius 2 is 2.29 bits per heavy atom. The molecule has 4 nitrogen and oxygen atoms in total. The van der Waals surface area contributed by atoms with Crippen molar-refractivity contribution in [3.63, 3.8) is 0 Å². The Hall–Kier alpha value is -1.59. The number of halogens is 1. The topological polar surface area (TPSA) is 62.2 Å². The van der Waals surface area contributed by atoms with Gasteiger partial charge in [-0.05, 0) is 25.1 Å². The minimum absolute atomic E-state index is 0.0155. The first-order valence-electron chi connectivity index (χ1n) is 4.78.